The summed E-state index contributed by atoms with van der Waals surface area (Å²) in [6.45, 7) is 7.42. The molecule has 0 aliphatic heterocycles. The fourth-order valence-electron chi connectivity index (χ4n) is 1.64. The molecule has 0 spiro atoms. The molecular formula is C15H20N4O2. The lowest BCUT2D eigenvalue weighted by atomic mass is 10.2. The van der Waals surface area contributed by atoms with Gasteiger partial charge in [-0.2, -0.15) is 5.10 Å². The van der Waals surface area contributed by atoms with E-state index in [2.05, 4.69) is 29.1 Å². The molecule has 6 nitrogen and oxygen atoms in total. The van der Waals surface area contributed by atoms with Gasteiger partial charge < -0.3 is 9.47 Å². The zero-order valence-electron chi connectivity index (χ0n) is 12.6. The molecule has 0 atom stereocenters. The van der Waals surface area contributed by atoms with Crippen molar-refractivity contribution in [1.82, 2.24) is 14.9 Å². The minimum absolute atomic E-state index is 0.467. The molecule has 0 unspecified atom stereocenters. The second-order valence-electron chi connectivity index (χ2n) is 4.93. The predicted octanol–water partition coefficient (Wildman–Crippen LogP) is 2.59. The van der Waals surface area contributed by atoms with Crippen molar-refractivity contribution in [1.29, 1.82) is 0 Å². The van der Waals surface area contributed by atoms with Crippen LogP contribution in [0.3, 0.4) is 0 Å². The lowest BCUT2D eigenvalue weighted by Gasteiger charge is -2.13. The van der Waals surface area contributed by atoms with Gasteiger partial charge in [-0.3, -0.25) is 0 Å². The van der Waals surface area contributed by atoms with Crippen LogP contribution in [0.2, 0.25) is 0 Å². The second-order valence-corrected chi connectivity index (χ2v) is 4.93. The fourth-order valence-corrected chi connectivity index (χ4v) is 1.64. The summed E-state index contributed by atoms with van der Waals surface area (Å²) >= 11 is 0. The summed E-state index contributed by atoms with van der Waals surface area (Å²) in [5, 5.41) is 11.6. The summed E-state index contributed by atoms with van der Waals surface area (Å²) < 4.78 is 12.9. The van der Waals surface area contributed by atoms with Crippen molar-refractivity contribution >= 4 is 6.21 Å². The molecule has 0 saturated heterocycles. The van der Waals surface area contributed by atoms with Crippen LogP contribution in [0.25, 0.3) is 0 Å². The van der Waals surface area contributed by atoms with E-state index in [0.29, 0.717) is 19.1 Å². The Kier molecular flexibility index (Phi) is 5.31. The van der Waals surface area contributed by atoms with Gasteiger partial charge in [-0.15, -0.1) is 10.2 Å². The summed E-state index contributed by atoms with van der Waals surface area (Å²) in [7, 11) is 0. The summed E-state index contributed by atoms with van der Waals surface area (Å²) in [4.78, 5) is 0. The smallest absolute Gasteiger partial charge is 0.161 e. The van der Waals surface area contributed by atoms with E-state index >= 15 is 0 Å². The van der Waals surface area contributed by atoms with Gasteiger partial charge in [-0.25, -0.2) is 4.68 Å². The van der Waals surface area contributed by atoms with Gasteiger partial charge in [-0.05, 0) is 36.6 Å². The minimum Gasteiger partial charge on any atom is -0.490 e. The summed E-state index contributed by atoms with van der Waals surface area (Å²) in [5.74, 6) is 1.95. The van der Waals surface area contributed by atoms with Crippen molar-refractivity contribution in [3.63, 3.8) is 0 Å². The van der Waals surface area contributed by atoms with Crippen LogP contribution in [0, 0.1) is 5.92 Å². The molecule has 0 aliphatic rings. The molecule has 1 aromatic heterocycles. The highest BCUT2D eigenvalue weighted by atomic mass is 16.5. The molecule has 2 aromatic rings. The van der Waals surface area contributed by atoms with Crippen LogP contribution in [0.1, 0.15) is 26.3 Å². The van der Waals surface area contributed by atoms with Gasteiger partial charge in [0.1, 0.15) is 12.7 Å². The first kappa shape index (κ1) is 15.0. The second kappa shape index (κ2) is 7.42. The largest absolute Gasteiger partial charge is 0.490 e. The maximum absolute atomic E-state index is 5.76. The van der Waals surface area contributed by atoms with Crippen molar-refractivity contribution < 1.29 is 9.47 Å². The molecule has 1 aromatic carbocycles. The highest BCUT2D eigenvalue weighted by molar-refractivity contribution is 5.80. The van der Waals surface area contributed by atoms with Gasteiger partial charge >= 0.3 is 0 Å². The molecule has 0 aliphatic carbocycles. The van der Waals surface area contributed by atoms with Crippen LogP contribution in [-0.4, -0.2) is 34.3 Å². The Hall–Kier alpha value is -2.37. The molecule has 6 heteroatoms. The van der Waals surface area contributed by atoms with Gasteiger partial charge in [0, 0.05) is 0 Å². The molecule has 112 valence electrons. The van der Waals surface area contributed by atoms with Crippen molar-refractivity contribution in [3.05, 3.63) is 36.4 Å². The molecule has 0 N–H and O–H groups in total. The lowest BCUT2D eigenvalue weighted by Crippen LogP contribution is -2.06. The molecule has 0 fully saturated rings. The van der Waals surface area contributed by atoms with Gasteiger partial charge in [0.2, 0.25) is 0 Å². The van der Waals surface area contributed by atoms with Gasteiger partial charge in [-0.1, -0.05) is 13.8 Å². The monoisotopic (exact) mass is 288 g/mol. The third-order valence-electron chi connectivity index (χ3n) is 2.59. The Balaban J connectivity index is 2.14. The van der Waals surface area contributed by atoms with Crippen LogP contribution in [-0.2, 0) is 0 Å². The number of hydrogen-bond acceptors (Lipinski definition) is 5. The van der Waals surface area contributed by atoms with E-state index < -0.39 is 0 Å². The average molecular weight is 288 g/mol. The zero-order valence-corrected chi connectivity index (χ0v) is 12.6. The predicted molar refractivity (Wildman–Crippen MR) is 81.0 cm³/mol. The lowest BCUT2D eigenvalue weighted by molar-refractivity contribution is 0.248. The molecular weight excluding hydrogens is 268 g/mol. The SMILES string of the molecule is CCOc1cc(/C=N/n2cnnc2)ccc1OCC(C)C. The highest BCUT2D eigenvalue weighted by Crippen LogP contribution is 2.28. The third kappa shape index (κ3) is 4.59. The third-order valence-corrected chi connectivity index (χ3v) is 2.59. The standard InChI is InChI=1S/C15H20N4O2/c1-4-20-15-7-13(8-18-19-10-16-17-11-19)5-6-14(15)21-9-12(2)3/h5-8,10-12H,4,9H2,1-3H3/b18-8+. The fraction of sp³-hybridized carbons (Fsp3) is 0.400. The van der Waals surface area contributed by atoms with Crippen LogP contribution in [0.15, 0.2) is 36.0 Å². The van der Waals surface area contributed by atoms with Gasteiger partial charge in [0.05, 0.1) is 19.4 Å². The number of aromatic nitrogens is 3. The van der Waals surface area contributed by atoms with Crippen molar-refractivity contribution in [2.45, 2.75) is 20.8 Å². The highest BCUT2D eigenvalue weighted by Gasteiger charge is 2.07. The van der Waals surface area contributed by atoms with E-state index in [1.807, 2.05) is 25.1 Å². The first-order chi connectivity index (χ1) is 10.2. The molecule has 21 heavy (non-hydrogen) atoms. The maximum Gasteiger partial charge on any atom is 0.161 e. The summed E-state index contributed by atoms with van der Waals surface area (Å²) in [6, 6.07) is 5.75. The minimum atomic E-state index is 0.467. The van der Waals surface area contributed by atoms with Crippen molar-refractivity contribution in [2.75, 3.05) is 13.2 Å². The number of nitrogens with zero attached hydrogens (tertiary/aromatic N) is 4. The van der Waals surface area contributed by atoms with Gasteiger partial charge in [0.15, 0.2) is 11.5 Å². The molecule has 0 amide bonds. The van der Waals surface area contributed by atoms with Crippen molar-refractivity contribution in [3.8, 4) is 11.5 Å². The van der Waals surface area contributed by atoms with Crippen LogP contribution in [0.5, 0.6) is 11.5 Å². The molecule has 0 bridgehead atoms. The topological polar surface area (TPSA) is 61.5 Å². The molecule has 0 radical (unpaired) electrons. The number of rotatable bonds is 7. The van der Waals surface area contributed by atoms with Crippen LogP contribution >= 0.6 is 0 Å². The Morgan fingerprint density at radius 2 is 1.95 bits per heavy atom. The zero-order chi connectivity index (χ0) is 15.1. The Labute approximate surface area is 124 Å². The summed E-state index contributed by atoms with van der Waals surface area (Å²) in [5.41, 5.74) is 0.920. The Bertz CT molecular complexity index is 579. The van der Waals surface area contributed by atoms with E-state index in [4.69, 9.17) is 9.47 Å². The normalized spacial score (nSPS) is 11.2. The van der Waals surface area contributed by atoms with Crippen molar-refractivity contribution in [2.24, 2.45) is 11.0 Å². The quantitative estimate of drug-likeness (QED) is 0.735. The first-order valence-electron chi connectivity index (χ1n) is 6.97. The summed E-state index contributed by atoms with van der Waals surface area (Å²) in [6.07, 6.45) is 4.78. The maximum atomic E-state index is 5.76. The van der Waals surface area contributed by atoms with E-state index in [9.17, 15) is 0 Å². The Morgan fingerprint density at radius 3 is 2.62 bits per heavy atom. The number of ether oxygens (including phenoxy) is 2. The first-order valence-corrected chi connectivity index (χ1v) is 6.97. The van der Waals surface area contributed by atoms with Crippen LogP contribution in [0.4, 0.5) is 0 Å². The van der Waals surface area contributed by atoms with E-state index in [1.54, 1.807) is 6.21 Å². The van der Waals surface area contributed by atoms with E-state index in [-0.39, 0.29) is 0 Å². The Morgan fingerprint density at radius 1 is 1.19 bits per heavy atom. The molecule has 1 heterocycles. The van der Waals surface area contributed by atoms with Gasteiger partial charge in [0.25, 0.3) is 0 Å². The van der Waals surface area contributed by atoms with E-state index in [1.165, 1.54) is 17.3 Å². The van der Waals surface area contributed by atoms with E-state index in [0.717, 1.165) is 17.1 Å². The molecule has 0 saturated carbocycles. The average Bonchev–Trinajstić information content (AvgIpc) is 2.97. The molecule has 2 rings (SSSR count). The van der Waals surface area contributed by atoms with Crippen LogP contribution < -0.4 is 9.47 Å². The number of hydrogen-bond donors (Lipinski definition) is 0. The number of benzene rings is 1.